The van der Waals surface area contributed by atoms with Gasteiger partial charge in [-0.15, -0.1) is 94.1 Å². The molecule has 0 fully saturated rings. The SMILES string of the molecule is CCCCCCCCc1c2c(c(CCCCCCCC)c3c1-c1nc-3nc3[nH]c(nc4nc(nc5[nH]c(n1)c1c(CCCCCCCC)c6c(c(CCCCCCCC)c51)SC1(SC(SC)=C(SC)S1)S6)-c1c(CCCCCCCC)c5c(c(CCCCCCCC)c1-4)SC1(SC(SC)=C(SC)S1)S5)c1c(CCCCCCCC)c4c(c(CCCCCCCC)c31)SC1(SC(SC)=C(SC)S1)S4)SC1(SC(SC)=C(SC)S1)S2. The van der Waals surface area contributed by atoms with Gasteiger partial charge in [0.2, 0.25) is 0 Å². The zero-order valence-electron chi connectivity index (χ0n) is 91.1. The minimum Gasteiger partial charge on any atom is -0.324 e. The van der Waals surface area contributed by atoms with Crippen LogP contribution in [0.3, 0.4) is 0 Å². The number of nitrogens with zero attached hydrogens (tertiary/aromatic N) is 6. The van der Waals surface area contributed by atoms with Crippen LogP contribution in [-0.4, -0.2) is 101 Å². The number of unbranched alkanes of at least 4 members (excludes halogenated alkanes) is 40. The third kappa shape index (κ3) is 27.8. The second kappa shape index (κ2) is 59.3. The first-order valence-electron chi connectivity index (χ1n) is 56.6. The maximum atomic E-state index is 6.78. The molecule has 4 aromatic carbocycles. The first-order chi connectivity index (χ1) is 72.6. The van der Waals surface area contributed by atoms with Gasteiger partial charge >= 0.3 is 0 Å². The Balaban J connectivity index is 1.08. The lowest BCUT2D eigenvalue weighted by Gasteiger charge is -2.19. The maximum Gasteiger partial charge on any atom is 0.172 e. The quantitative estimate of drug-likeness (QED) is 0.0353. The van der Waals surface area contributed by atoms with Gasteiger partial charge in [-0.25, -0.2) is 29.9 Å². The van der Waals surface area contributed by atoms with Gasteiger partial charge in [0.25, 0.3) is 0 Å². The number of H-pyrrole nitrogens is 2. The van der Waals surface area contributed by atoms with Crippen LogP contribution in [0.2, 0.25) is 0 Å². The molecule has 3 aromatic heterocycles. The Labute approximate surface area is 993 Å². The van der Waals surface area contributed by atoms with Crippen LogP contribution in [0.25, 0.3) is 89.7 Å². The van der Waals surface area contributed by atoms with Crippen molar-refractivity contribution in [2.24, 2.45) is 0 Å². The molecule has 32 heteroatoms. The lowest BCUT2D eigenvalue weighted by atomic mass is 9.90. The summed E-state index contributed by atoms with van der Waals surface area (Å²) in [5, 5.41) is 5.08. The summed E-state index contributed by atoms with van der Waals surface area (Å²) < 4.78 is 10.8. The van der Waals surface area contributed by atoms with Gasteiger partial charge in [0, 0.05) is 83.0 Å². The summed E-state index contributed by atoms with van der Waals surface area (Å²) in [6, 6.07) is 0. The topological polar surface area (TPSA) is 109 Å². The molecule has 0 aliphatic carbocycles. The van der Waals surface area contributed by atoms with E-state index in [1.54, 1.807) is 0 Å². The van der Waals surface area contributed by atoms with E-state index in [0.29, 0.717) is 0 Å². The molecular weight excluding hydrogens is 2270 g/mol. The average Bonchev–Trinajstić information content (AvgIpc) is 1.54. The number of aromatic nitrogens is 8. The third-order valence-electron chi connectivity index (χ3n) is 30.0. The van der Waals surface area contributed by atoms with E-state index in [4.69, 9.17) is 29.9 Å². The summed E-state index contributed by atoms with van der Waals surface area (Å²) in [6.07, 6.45) is 84.7. The largest absolute Gasteiger partial charge is 0.324 e. The zero-order valence-corrected chi connectivity index (χ0v) is 111. The maximum absolute atomic E-state index is 6.78. The Hall–Kier alpha value is 1.60. The van der Waals surface area contributed by atoms with Gasteiger partial charge in [0.05, 0.1) is 33.9 Å². The molecule has 17 rings (SSSR count). The minimum atomic E-state index is -0.231. The highest BCUT2D eigenvalue weighted by atomic mass is 32.3. The fourth-order valence-electron chi connectivity index (χ4n) is 22.4. The molecule has 810 valence electrons. The first kappa shape index (κ1) is 120. The molecule has 2 N–H and O–H groups in total. The number of nitrogens with one attached hydrogen (secondary N) is 2. The fraction of sp³-hybridized carbons (Fsp3) is 0.655. The number of fused-ring (bicyclic) bond motifs is 24. The van der Waals surface area contributed by atoms with E-state index < -0.39 is 0 Å². The Morgan fingerprint density at radius 2 is 0.304 bits per heavy atom. The standard InChI is InChI=1S/C116H162N8S24/c1-17-25-33-41-49-57-65-73-81-82(74(66-58-50-42-34-26-18-2)90-89(73)133-113(134-90)141-105(125-9)106(126-10)142-113)98-117-97(81)121-99-83-75(67-59-51-43-35-27-19-3)91-92(136-114(135-91)143-107(127-11)108(128-12)144-114)76(68-60-52-44-36-28-20-4)84(83)101(118-99)123-103-87-79(71-63-55-47-39-31-23-7)95-96(140-116(139-95)147-111(131-15)112(132-16)148-116)80(72-64-56-48-40-32-24-8)88(87)104(120-103)124-102-86-78(70-62-54-46-38-30-22-6)94-93(137-115(138-94)145-109(129-13)110(130-14)146-115)77(85(86)100(119-102)122-98)69-61-53-45-37-29-21-5/h17-72H2,1-16H3,(H2,117,118,119,120,121,122,123,124). The van der Waals surface area contributed by atoms with Crippen molar-refractivity contribution in [1.82, 2.24) is 39.9 Å². The van der Waals surface area contributed by atoms with Crippen LogP contribution in [-0.2, 0) is 51.4 Å². The van der Waals surface area contributed by atoms with Crippen LogP contribution in [0.5, 0.6) is 0 Å². The molecule has 0 unspecified atom stereocenters. The smallest absolute Gasteiger partial charge is 0.172 e. The van der Waals surface area contributed by atoms with Gasteiger partial charge < -0.3 is 9.97 Å². The van der Waals surface area contributed by atoms with Crippen LogP contribution in [0.15, 0.2) is 73.1 Å². The van der Waals surface area contributed by atoms with Gasteiger partial charge in [0.15, 0.2) is 34.3 Å². The van der Waals surface area contributed by atoms with Crippen LogP contribution in [0.4, 0.5) is 0 Å². The van der Waals surface area contributed by atoms with Crippen molar-refractivity contribution < 1.29 is 0 Å². The molecule has 0 saturated heterocycles. The highest BCUT2D eigenvalue weighted by Crippen LogP contribution is 2.82. The van der Waals surface area contributed by atoms with Gasteiger partial charge in [-0.2, -0.15) is 0 Å². The lowest BCUT2D eigenvalue weighted by molar-refractivity contribution is 0.602. The van der Waals surface area contributed by atoms with E-state index in [0.717, 1.165) is 149 Å². The van der Waals surface area contributed by atoms with E-state index in [-0.39, 0.29) is 11.0 Å². The number of rotatable bonds is 64. The van der Waals surface area contributed by atoms with E-state index in [9.17, 15) is 0 Å². The van der Waals surface area contributed by atoms with Crippen LogP contribution >= 0.6 is 282 Å². The summed E-state index contributed by atoms with van der Waals surface area (Å²) >= 11 is 50.3. The second-order valence-corrected chi connectivity index (χ2v) is 75.2. The molecule has 13 heterocycles. The van der Waals surface area contributed by atoms with Gasteiger partial charge in [0.1, 0.15) is 22.6 Å². The summed E-state index contributed by atoms with van der Waals surface area (Å²) in [6.45, 7) is 19.0. The van der Waals surface area contributed by atoms with Crippen molar-refractivity contribution in [3.05, 3.63) is 78.4 Å². The number of aromatic amines is 2. The third-order valence-corrected chi connectivity index (χ3v) is 67.5. The monoisotopic (exact) mass is 2430 g/mol. The molecule has 7 aromatic rings. The molecule has 148 heavy (non-hydrogen) atoms. The van der Waals surface area contributed by atoms with Crippen molar-refractivity contribution in [2.45, 2.75) is 465 Å². The minimum absolute atomic E-state index is 0.230. The lowest BCUT2D eigenvalue weighted by Crippen LogP contribution is -2.02. The van der Waals surface area contributed by atoms with E-state index in [2.05, 4.69) is 304 Å². The highest BCUT2D eigenvalue weighted by molar-refractivity contribution is 8.58. The molecule has 0 amide bonds. The first-order valence-corrected chi connectivity index (χ1v) is 79.5. The van der Waals surface area contributed by atoms with Gasteiger partial charge in [-0.3, -0.25) is 0 Å². The van der Waals surface area contributed by atoms with Crippen LogP contribution in [0.1, 0.15) is 408 Å². The van der Waals surface area contributed by atoms with Crippen molar-refractivity contribution in [2.75, 3.05) is 50.0 Å². The predicted octanol–water partition coefficient (Wildman–Crippen LogP) is 46.7. The summed E-state index contributed by atoms with van der Waals surface area (Å²) in [5.74, 6) is 3.30. The van der Waals surface area contributed by atoms with Crippen molar-refractivity contribution in [3.8, 4) is 45.6 Å². The average molecular weight is 2440 g/mol. The second-order valence-electron chi connectivity index (χ2n) is 40.8. The number of benzene rings is 4. The molecule has 0 atom stereocenters. The summed E-state index contributed by atoms with van der Waals surface area (Å²) in [4.78, 5) is 61.3. The highest BCUT2D eigenvalue weighted by Gasteiger charge is 2.56. The van der Waals surface area contributed by atoms with E-state index >= 15 is 0 Å². The fourth-order valence-corrected chi connectivity index (χ4v) is 65.0. The number of hydrogen-bond donors (Lipinski definition) is 2. The number of thioether (sulfide) groups is 24. The molecule has 10 aliphatic heterocycles. The summed E-state index contributed by atoms with van der Waals surface area (Å²) in [7, 11) is 0. The van der Waals surface area contributed by atoms with Crippen molar-refractivity contribution in [1.29, 1.82) is 0 Å². The summed E-state index contributed by atoms with van der Waals surface area (Å²) in [5.41, 5.74) is 20.2. The molecule has 10 aliphatic rings. The molecule has 0 radical (unpaired) electrons. The predicted molar refractivity (Wildman–Crippen MR) is 707 cm³/mol. The Bertz CT molecular complexity index is 5390. The Morgan fingerprint density at radius 1 is 0.169 bits per heavy atom. The van der Waals surface area contributed by atoms with Crippen molar-refractivity contribution >= 4 is 326 Å². The number of hydrogen-bond acceptors (Lipinski definition) is 30. The zero-order chi connectivity index (χ0) is 103. The number of aryl methyl sites for hydroxylation is 4. The molecule has 0 saturated carbocycles. The molecule has 8 bridgehead atoms. The Kier molecular flexibility index (Phi) is 48.3. The molecule has 8 nitrogen and oxygen atoms in total. The van der Waals surface area contributed by atoms with Crippen molar-refractivity contribution in [3.63, 3.8) is 0 Å². The van der Waals surface area contributed by atoms with Crippen LogP contribution < -0.4 is 0 Å². The van der Waals surface area contributed by atoms with Gasteiger partial charge in [-0.1, -0.05) is 500 Å². The van der Waals surface area contributed by atoms with Gasteiger partial charge in [-0.05, 0) is 197 Å². The molecular formula is C116H162N8S24. The van der Waals surface area contributed by atoms with Crippen LogP contribution in [0, 0.1) is 0 Å². The molecule has 4 spiro atoms. The normalized spacial score (nSPS) is 17.0. The Morgan fingerprint density at radius 3 is 0.453 bits per heavy atom. The van der Waals surface area contributed by atoms with E-state index in [1.165, 1.54) is 418 Å². The van der Waals surface area contributed by atoms with E-state index in [1.807, 2.05) is 94.1 Å².